The van der Waals surface area contributed by atoms with Crippen molar-refractivity contribution in [3.8, 4) is 0 Å². The molecule has 0 saturated heterocycles. The van der Waals surface area contributed by atoms with E-state index >= 15 is 0 Å². The number of carboxylic acids is 1. The fourth-order valence-electron chi connectivity index (χ4n) is 1.41. The number of benzene rings is 1. The number of thioether (sulfide) groups is 1. The summed E-state index contributed by atoms with van der Waals surface area (Å²) in [4.78, 5) is 12.5. The molecule has 0 bridgehead atoms. The van der Waals surface area contributed by atoms with Crippen LogP contribution in [0.2, 0.25) is 0 Å². The maximum Gasteiger partial charge on any atom is 0.328 e. The number of hydrogen-bond acceptors (Lipinski definition) is 3. The maximum absolute atomic E-state index is 13.5. The van der Waals surface area contributed by atoms with Gasteiger partial charge in [0.2, 0.25) is 0 Å². The fourth-order valence-corrected chi connectivity index (χ4v) is 2.46. The van der Waals surface area contributed by atoms with Gasteiger partial charge in [-0.25, -0.2) is 9.18 Å². The minimum absolute atomic E-state index is 0.313. The molecule has 5 heteroatoms. The van der Waals surface area contributed by atoms with E-state index in [0.717, 1.165) is 29.7 Å². The van der Waals surface area contributed by atoms with Crippen molar-refractivity contribution >= 4 is 23.8 Å². The molecule has 1 rings (SSSR count). The van der Waals surface area contributed by atoms with Gasteiger partial charge in [0.15, 0.2) is 0 Å². The number of aliphatic carboxylic acids is 1. The van der Waals surface area contributed by atoms with Gasteiger partial charge in [0.1, 0.15) is 5.82 Å². The molecule has 0 aliphatic heterocycles. The standard InChI is InChI=1S/C14H18FNO2S/c1-16(2)7-8-19-10-11-3-5-13(15)12(9-11)4-6-14(17)18/h3-6,9H,7-8,10H2,1-2H3,(H,17,18). The van der Waals surface area contributed by atoms with Crippen LogP contribution >= 0.6 is 11.8 Å². The summed E-state index contributed by atoms with van der Waals surface area (Å²) < 4.78 is 13.5. The number of halogens is 1. The van der Waals surface area contributed by atoms with Gasteiger partial charge in [-0.1, -0.05) is 6.07 Å². The molecule has 0 aliphatic carbocycles. The zero-order chi connectivity index (χ0) is 14.3. The van der Waals surface area contributed by atoms with Crippen LogP contribution in [-0.4, -0.2) is 42.4 Å². The maximum atomic E-state index is 13.5. The third kappa shape index (κ3) is 6.40. The molecule has 0 fully saturated rings. The van der Waals surface area contributed by atoms with E-state index in [1.165, 1.54) is 12.1 Å². The molecule has 1 aromatic rings. The summed E-state index contributed by atoms with van der Waals surface area (Å²) in [5, 5.41) is 8.54. The number of nitrogens with zero attached hydrogens (tertiary/aromatic N) is 1. The van der Waals surface area contributed by atoms with Gasteiger partial charge in [0.25, 0.3) is 0 Å². The molecule has 3 nitrogen and oxygen atoms in total. The molecule has 0 atom stereocenters. The topological polar surface area (TPSA) is 40.5 Å². The molecule has 0 radical (unpaired) electrons. The minimum Gasteiger partial charge on any atom is -0.478 e. The average Bonchev–Trinajstić information content (AvgIpc) is 2.34. The van der Waals surface area contributed by atoms with E-state index in [1.54, 1.807) is 23.9 Å². The van der Waals surface area contributed by atoms with E-state index in [-0.39, 0.29) is 0 Å². The van der Waals surface area contributed by atoms with Crippen LogP contribution in [0, 0.1) is 5.82 Å². The average molecular weight is 283 g/mol. The highest BCUT2D eigenvalue weighted by Gasteiger charge is 2.02. The number of rotatable bonds is 7. The molecule has 0 aromatic heterocycles. The van der Waals surface area contributed by atoms with Crippen molar-refractivity contribution in [3.63, 3.8) is 0 Å². The zero-order valence-corrected chi connectivity index (χ0v) is 11.9. The Morgan fingerprint density at radius 1 is 1.47 bits per heavy atom. The Labute approximate surface area is 117 Å². The van der Waals surface area contributed by atoms with E-state index < -0.39 is 11.8 Å². The van der Waals surface area contributed by atoms with Crippen molar-refractivity contribution < 1.29 is 14.3 Å². The Bertz CT molecular complexity index is 461. The molecule has 1 aromatic carbocycles. The van der Waals surface area contributed by atoms with Crippen molar-refractivity contribution in [2.75, 3.05) is 26.4 Å². The quantitative estimate of drug-likeness (QED) is 0.617. The van der Waals surface area contributed by atoms with Gasteiger partial charge >= 0.3 is 5.97 Å². The molecule has 0 amide bonds. The van der Waals surface area contributed by atoms with E-state index in [9.17, 15) is 9.18 Å². The van der Waals surface area contributed by atoms with Crippen molar-refractivity contribution in [2.45, 2.75) is 5.75 Å². The molecule has 0 spiro atoms. The summed E-state index contributed by atoms with van der Waals surface area (Å²) in [7, 11) is 4.04. The third-order valence-corrected chi connectivity index (χ3v) is 3.43. The lowest BCUT2D eigenvalue weighted by Gasteiger charge is -2.09. The molecule has 0 saturated carbocycles. The predicted octanol–water partition coefficient (Wildman–Crippen LogP) is 2.72. The van der Waals surface area contributed by atoms with Crippen LogP contribution in [0.3, 0.4) is 0 Å². The lowest BCUT2D eigenvalue weighted by atomic mass is 10.1. The Balaban J connectivity index is 2.60. The van der Waals surface area contributed by atoms with Crippen LogP contribution in [0.25, 0.3) is 6.08 Å². The van der Waals surface area contributed by atoms with Crippen LogP contribution in [0.5, 0.6) is 0 Å². The first-order chi connectivity index (χ1) is 8.99. The van der Waals surface area contributed by atoms with Crippen LogP contribution in [0.15, 0.2) is 24.3 Å². The fraction of sp³-hybridized carbons (Fsp3) is 0.357. The summed E-state index contributed by atoms with van der Waals surface area (Å²) in [5.41, 5.74) is 1.31. The number of carboxylic acid groups (broad SMARTS) is 1. The van der Waals surface area contributed by atoms with Gasteiger partial charge in [-0.15, -0.1) is 0 Å². The van der Waals surface area contributed by atoms with Crippen molar-refractivity contribution in [2.24, 2.45) is 0 Å². The summed E-state index contributed by atoms with van der Waals surface area (Å²) in [6.45, 7) is 0.998. The smallest absolute Gasteiger partial charge is 0.328 e. The molecule has 0 unspecified atom stereocenters. The summed E-state index contributed by atoms with van der Waals surface area (Å²) in [6.07, 6.45) is 2.23. The Morgan fingerprint density at radius 3 is 2.84 bits per heavy atom. The highest BCUT2D eigenvalue weighted by Crippen LogP contribution is 2.17. The van der Waals surface area contributed by atoms with Gasteiger partial charge < -0.3 is 10.0 Å². The summed E-state index contributed by atoms with van der Waals surface area (Å²) in [6, 6.07) is 4.80. The lowest BCUT2D eigenvalue weighted by molar-refractivity contribution is -0.131. The summed E-state index contributed by atoms with van der Waals surface area (Å²) in [5.74, 6) is 0.317. The van der Waals surface area contributed by atoms with Crippen LogP contribution in [-0.2, 0) is 10.5 Å². The van der Waals surface area contributed by atoms with Crippen molar-refractivity contribution in [1.82, 2.24) is 4.90 Å². The summed E-state index contributed by atoms with van der Waals surface area (Å²) >= 11 is 1.77. The Hall–Kier alpha value is -1.33. The van der Waals surface area contributed by atoms with Crippen LogP contribution < -0.4 is 0 Å². The molecule has 104 valence electrons. The monoisotopic (exact) mass is 283 g/mol. The van der Waals surface area contributed by atoms with Crippen molar-refractivity contribution in [1.29, 1.82) is 0 Å². The highest BCUT2D eigenvalue weighted by atomic mass is 32.2. The minimum atomic E-state index is -1.08. The highest BCUT2D eigenvalue weighted by molar-refractivity contribution is 7.98. The molecule has 0 heterocycles. The van der Waals surface area contributed by atoms with E-state index in [4.69, 9.17) is 5.11 Å². The largest absolute Gasteiger partial charge is 0.478 e. The van der Waals surface area contributed by atoms with E-state index in [2.05, 4.69) is 4.90 Å². The molecule has 0 aliphatic rings. The van der Waals surface area contributed by atoms with Crippen LogP contribution in [0.1, 0.15) is 11.1 Å². The second kappa shape index (κ2) is 7.96. The second-order valence-electron chi connectivity index (χ2n) is 4.38. The van der Waals surface area contributed by atoms with Crippen molar-refractivity contribution in [3.05, 3.63) is 41.2 Å². The Morgan fingerprint density at radius 2 is 2.21 bits per heavy atom. The third-order valence-electron chi connectivity index (χ3n) is 2.42. The first-order valence-electron chi connectivity index (χ1n) is 5.91. The SMILES string of the molecule is CN(C)CCSCc1ccc(F)c(C=CC(=O)O)c1. The number of hydrogen-bond donors (Lipinski definition) is 1. The molecule has 1 N–H and O–H groups in total. The molecular formula is C14H18FNO2S. The first kappa shape index (κ1) is 15.7. The van der Waals surface area contributed by atoms with Gasteiger partial charge in [-0.3, -0.25) is 0 Å². The predicted molar refractivity (Wildman–Crippen MR) is 77.8 cm³/mol. The lowest BCUT2D eigenvalue weighted by Crippen LogP contribution is -2.14. The Kier molecular flexibility index (Phi) is 6.59. The van der Waals surface area contributed by atoms with Gasteiger partial charge in [-0.05, 0) is 37.9 Å². The van der Waals surface area contributed by atoms with E-state index in [1.807, 2.05) is 14.1 Å². The van der Waals surface area contributed by atoms with Gasteiger partial charge in [-0.2, -0.15) is 11.8 Å². The van der Waals surface area contributed by atoms with Gasteiger partial charge in [0.05, 0.1) is 0 Å². The first-order valence-corrected chi connectivity index (χ1v) is 7.06. The normalized spacial score (nSPS) is 11.4. The van der Waals surface area contributed by atoms with E-state index in [0.29, 0.717) is 5.56 Å². The molecular weight excluding hydrogens is 265 g/mol. The number of carbonyl (C=O) groups is 1. The molecule has 19 heavy (non-hydrogen) atoms. The second-order valence-corrected chi connectivity index (χ2v) is 5.49. The van der Waals surface area contributed by atoms with Gasteiger partial charge in [0, 0.05) is 29.7 Å². The van der Waals surface area contributed by atoms with Crippen LogP contribution in [0.4, 0.5) is 4.39 Å². The zero-order valence-electron chi connectivity index (χ0n) is 11.1.